The van der Waals surface area contributed by atoms with Gasteiger partial charge in [0, 0.05) is 23.2 Å². The number of carboxylic acids is 1. The van der Waals surface area contributed by atoms with Gasteiger partial charge in [-0.2, -0.15) is 0 Å². The van der Waals surface area contributed by atoms with Crippen molar-refractivity contribution in [2.24, 2.45) is 17.8 Å². The first-order valence-electron chi connectivity index (χ1n) is 11.7. The quantitative estimate of drug-likeness (QED) is 0.274. The Morgan fingerprint density at radius 3 is 2.64 bits per heavy atom. The van der Waals surface area contributed by atoms with Gasteiger partial charge in [-0.15, -0.1) is 0 Å². The molecule has 4 heterocycles. The van der Waals surface area contributed by atoms with Crippen LogP contribution in [0.15, 0.2) is 29.8 Å². The maximum Gasteiger partial charge on any atom is 0.308 e. The number of imidazole rings is 1. The molecule has 0 aromatic carbocycles. The number of carbonyl (C=O) groups is 1. The Morgan fingerprint density at radius 1 is 1.14 bits per heavy atom. The van der Waals surface area contributed by atoms with Crippen molar-refractivity contribution >= 4 is 34.6 Å². The molecule has 3 aliphatic carbocycles. The van der Waals surface area contributed by atoms with Crippen molar-refractivity contribution in [1.29, 1.82) is 0 Å². The molecule has 12 heteroatoms. The Kier molecular flexibility index (Phi) is 5.62. The van der Waals surface area contributed by atoms with E-state index in [9.17, 15) is 14.3 Å². The molecule has 186 valence electrons. The van der Waals surface area contributed by atoms with Crippen LogP contribution in [-0.4, -0.2) is 53.3 Å². The fraction of sp³-hybridized carbons (Fsp3) is 0.375. The summed E-state index contributed by atoms with van der Waals surface area (Å²) in [5.41, 5.74) is 1.23. The number of anilines is 1. The number of H-pyrrole nitrogens is 2. The Morgan fingerprint density at radius 2 is 1.92 bits per heavy atom. The van der Waals surface area contributed by atoms with E-state index in [0.29, 0.717) is 27.4 Å². The maximum atomic E-state index is 15.9. The third-order valence-corrected chi connectivity index (χ3v) is 7.99. The lowest BCUT2D eigenvalue weighted by Crippen LogP contribution is -2.51. The highest BCUT2D eigenvalue weighted by molar-refractivity contribution is 7.98. The zero-order valence-corrected chi connectivity index (χ0v) is 20.1. The number of hydrogen-bond donors (Lipinski definition) is 4. The third kappa shape index (κ3) is 3.80. The molecule has 0 amide bonds. The molecular weight excluding hydrogens is 488 g/mol. The van der Waals surface area contributed by atoms with Gasteiger partial charge in [0.2, 0.25) is 0 Å². The van der Waals surface area contributed by atoms with Gasteiger partial charge in [0.25, 0.3) is 0 Å². The van der Waals surface area contributed by atoms with Crippen molar-refractivity contribution < 1.29 is 18.7 Å². The summed E-state index contributed by atoms with van der Waals surface area (Å²) in [5.74, 6) is -2.51. The van der Waals surface area contributed by atoms with E-state index in [2.05, 4.69) is 35.2 Å². The molecule has 0 aliphatic heterocycles. The van der Waals surface area contributed by atoms with Gasteiger partial charge in [0.05, 0.1) is 24.0 Å². The Bertz CT molecular complexity index is 1460. The van der Waals surface area contributed by atoms with Crippen molar-refractivity contribution in [1.82, 2.24) is 29.9 Å². The van der Waals surface area contributed by atoms with Crippen molar-refractivity contribution in [3.05, 3.63) is 36.3 Å². The van der Waals surface area contributed by atoms with Gasteiger partial charge < -0.3 is 20.4 Å². The van der Waals surface area contributed by atoms with Gasteiger partial charge in [-0.05, 0) is 49.8 Å². The summed E-state index contributed by atoms with van der Waals surface area (Å²) in [6, 6.07) is 0.863. The van der Waals surface area contributed by atoms with E-state index in [4.69, 9.17) is 0 Å². The molecule has 3 aliphatic rings. The number of halogens is 2. The number of fused-ring (bicyclic) bond motifs is 4. The largest absolute Gasteiger partial charge is 0.481 e. The predicted octanol–water partition coefficient (Wildman–Crippen LogP) is 4.71. The lowest BCUT2D eigenvalue weighted by atomic mass is 9.61. The molecule has 4 aromatic heterocycles. The van der Waals surface area contributed by atoms with Gasteiger partial charge in [0.15, 0.2) is 22.6 Å². The van der Waals surface area contributed by atoms with E-state index in [-0.39, 0.29) is 29.2 Å². The Hall–Kier alpha value is -3.54. The smallest absolute Gasteiger partial charge is 0.308 e. The number of thioether (sulfide) groups is 1. The third-order valence-electron chi connectivity index (χ3n) is 7.40. The first-order chi connectivity index (χ1) is 17.4. The van der Waals surface area contributed by atoms with Crippen LogP contribution in [0.2, 0.25) is 0 Å². The van der Waals surface area contributed by atoms with Crippen LogP contribution < -0.4 is 5.32 Å². The van der Waals surface area contributed by atoms with E-state index in [0.717, 1.165) is 31.9 Å². The first kappa shape index (κ1) is 22.9. The number of aromatic nitrogens is 6. The van der Waals surface area contributed by atoms with Crippen molar-refractivity contribution in [2.75, 3.05) is 11.6 Å². The standard InChI is InChI=1S/C24H23F2N7O2S/c1-36-24-29-9-15(30-24)19-17(26)22(31-18-11-4-2-10(3-5-11)16(18)23(34)35)33-21(32-19)14-8-28-20-13(14)6-12(25)7-27-20/h6-11,16,18H,2-5H2,1H3,(H,27,28)(H,29,30)(H,34,35)(H,31,32,33)/t10?,11?,16-,18-/m0/s1. The molecule has 3 saturated carbocycles. The molecule has 4 aromatic rings. The summed E-state index contributed by atoms with van der Waals surface area (Å²) in [7, 11) is 0. The van der Waals surface area contributed by atoms with Crippen LogP contribution in [0.5, 0.6) is 0 Å². The second-order valence-corrected chi connectivity index (χ2v) is 10.1. The van der Waals surface area contributed by atoms with Crippen LogP contribution in [0.25, 0.3) is 33.8 Å². The zero-order valence-electron chi connectivity index (χ0n) is 19.3. The minimum Gasteiger partial charge on any atom is -0.481 e. The van der Waals surface area contributed by atoms with Crippen molar-refractivity contribution in [2.45, 2.75) is 36.9 Å². The van der Waals surface area contributed by atoms with Crippen LogP contribution in [0.1, 0.15) is 25.7 Å². The highest BCUT2D eigenvalue weighted by Gasteiger charge is 2.47. The number of carboxylic acid groups (broad SMARTS) is 1. The van der Waals surface area contributed by atoms with Gasteiger partial charge >= 0.3 is 5.97 Å². The lowest BCUT2D eigenvalue weighted by molar-refractivity contribution is -0.148. The van der Waals surface area contributed by atoms with Crippen LogP contribution in [0, 0.1) is 29.4 Å². The fourth-order valence-electron chi connectivity index (χ4n) is 5.70. The van der Waals surface area contributed by atoms with Crippen molar-refractivity contribution in [3.8, 4) is 22.8 Å². The van der Waals surface area contributed by atoms with Gasteiger partial charge in [-0.25, -0.2) is 28.7 Å². The average Bonchev–Trinajstić information content (AvgIpc) is 3.53. The van der Waals surface area contributed by atoms with Gasteiger partial charge in [-0.1, -0.05) is 11.8 Å². The van der Waals surface area contributed by atoms with Crippen LogP contribution in [-0.2, 0) is 4.79 Å². The minimum atomic E-state index is -0.881. The Labute approximate surface area is 208 Å². The van der Waals surface area contributed by atoms with Gasteiger partial charge in [0.1, 0.15) is 17.2 Å². The monoisotopic (exact) mass is 511 g/mol. The average molecular weight is 512 g/mol. The molecule has 3 fully saturated rings. The SMILES string of the molecule is CSc1ncc(-c2nc(-c3c[nH]c4ncc(F)cc34)nc(N[C@H]3C4CCC(CC4)[C@@H]3C(=O)O)c2F)[nH]1. The van der Waals surface area contributed by atoms with Crippen molar-refractivity contribution in [3.63, 3.8) is 0 Å². The highest BCUT2D eigenvalue weighted by atomic mass is 32.2. The number of nitrogens with one attached hydrogen (secondary N) is 3. The molecule has 0 unspecified atom stereocenters. The predicted molar refractivity (Wildman–Crippen MR) is 130 cm³/mol. The molecule has 0 radical (unpaired) electrons. The minimum absolute atomic E-state index is 0.0122. The van der Waals surface area contributed by atoms with E-state index < -0.39 is 29.6 Å². The summed E-state index contributed by atoms with van der Waals surface area (Å²) in [6.45, 7) is 0. The molecule has 2 bridgehead atoms. The second-order valence-electron chi connectivity index (χ2n) is 9.33. The second kappa shape index (κ2) is 8.84. The van der Waals surface area contributed by atoms with Gasteiger partial charge in [-0.3, -0.25) is 4.79 Å². The highest BCUT2D eigenvalue weighted by Crippen LogP contribution is 2.46. The number of hydrogen-bond acceptors (Lipinski definition) is 7. The van der Waals surface area contributed by atoms with E-state index >= 15 is 4.39 Å². The molecule has 36 heavy (non-hydrogen) atoms. The van der Waals surface area contributed by atoms with Crippen LogP contribution in [0.3, 0.4) is 0 Å². The fourth-order valence-corrected chi connectivity index (χ4v) is 6.07. The number of aliphatic carboxylic acids is 1. The summed E-state index contributed by atoms with van der Waals surface area (Å²) >= 11 is 1.37. The molecule has 9 nitrogen and oxygen atoms in total. The number of aromatic amines is 2. The number of rotatable bonds is 6. The maximum absolute atomic E-state index is 15.9. The number of pyridine rings is 1. The lowest BCUT2D eigenvalue weighted by Gasteiger charge is -2.47. The molecular formula is C24H23F2N7O2S. The summed E-state index contributed by atoms with van der Waals surface area (Å²) < 4.78 is 29.9. The van der Waals surface area contributed by atoms with E-state index in [1.165, 1.54) is 24.0 Å². The molecule has 0 saturated heterocycles. The zero-order chi connectivity index (χ0) is 25.0. The van der Waals surface area contributed by atoms with Crippen LogP contribution >= 0.6 is 11.8 Å². The molecule has 7 rings (SSSR count). The van der Waals surface area contributed by atoms with Crippen LogP contribution in [0.4, 0.5) is 14.6 Å². The topological polar surface area (TPSA) is 132 Å². The van der Waals surface area contributed by atoms with E-state index in [1.807, 2.05) is 6.26 Å². The number of nitrogens with zero attached hydrogens (tertiary/aromatic N) is 4. The summed E-state index contributed by atoms with van der Waals surface area (Å²) in [6.07, 6.45) is 9.54. The summed E-state index contributed by atoms with van der Waals surface area (Å²) in [5, 5.41) is 14.2. The summed E-state index contributed by atoms with van der Waals surface area (Å²) in [4.78, 5) is 35.4. The first-order valence-corrected chi connectivity index (χ1v) is 12.9. The van der Waals surface area contributed by atoms with E-state index in [1.54, 1.807) is 6.20 Å². The molecule has 0 spiro atoms. The Balaban J connectivity index is 1.49. The molecule has 2 atom stereocenters. The normalized spacial score (nSPS) is 23.3. The molecule has 4 N–H and O–H groups in total.